The predicted octanol–water partition coefficient (Wildman–Crippen LogP) is 6.48. The van der Waals surface area contributed by atoms with Crippen molar-refractivity contribution in [2.75, 3.05) is 11.9 Å². The SMILES string of the molecule is CCOC(=O)c1cc(NC(=O)NC2CCC(Oc3ccc(=N)n(C(=N)C(C)(C)C)c3)c3ccccc32)cc(C(C)(C)C)n1. The Bertz CT molecular complexity index is 1580. The first-order chi connectivity index (χ1) is 20.2. The van der Waals surface area contributed by atoms with Crippen LogP contribution >= 0.6 is 0 Å². The second-order valence-corrected chi connectivity index (χ2v) is 12.8. The zero-order valence-electron chi connectivity index (χ0n) is 26.0. The second kappa shape index (κ2) is 12.4. The summed E-state index contributed by atoms with van der Waals surface area (Å²) < 4.78 is 13.1. The molecule has 228 valence electrons. The summed E-state index contributed by atoms with van der Waals surface area (Å²) in [5, 5.41) is 22.8. The number of anilines is 1. The van der Waals surface area contributed by atoms with E-state index in [1.807, 2.05) is 65.8 Å². The third-order valence-corrected chi connectivity index (χ3v) is 7.23. The smallest absolute Gasteiger partial charge is 0.356 e. The van der Waals surface area contributed by atoms with Gasteiger partial charge in [-0.3, -0.25) is 15.4 Å². The quantitative estimate of drug-likeness (QED) is 0.148. The van der Waals surface area contributed by atoms with Gasteiger partial charge >= 0.3 is 12.0 Å². The van der Waals surface area contributed by atoms with E-state index < -0.39 is 17.4 Å². The van der Waals surface area contributed by atoms with Crippen LogP contribution in [0, 0.1) is 16.2 Å². The van der Waals surface area contributed by atoms with E-state index in [1.54, 1.807) is 31.3 Å². The van der Waals surface area contributed by atoms with Gasteiger partial charge in [-0.25, -0.2) is 14.6 Å². The number of esters is 1. The summed E-state index contributed by atoms with van der Waals surface area (Å²) in [4.78, 5) is 30.1. The predicted molar refractivity (Wildman–Crippen MR) is 166 cm³/mol. The number of nitrogens with zero attached hydrogens (tertiary/aromatic N) is 2. The van der Waals surface area contributed by atoms with Gasteiger partial charge in [0.05, 0.1) is 18.8 Å². The third-order valence-electron chi connectivity index (χ3n) is 7.23. The molecule has 10 nitrogen and oxygen atoms in total. The van der Waals surface area contributed by atoms with Crippen molar-refractivity contribution in [3.63, 3.8) is 0 Å². The van der Waals surface area contributed by atoms with Crippen LogP contribution < -0.4 is 20.9 Å². The van der Waals surface area contributed by atoms with Gasteiger partial charge in [-0.1, -0.05) is 65.8 Å². The lowest BCUT2D eigenvalue weighted by molar-refractivity contribution is 0.0519. The highest BCUT2D eigenvalue weighted by Crippen LogP contribution is 2.38. The molecule has 0 saturated carbocycles. The summed E-state index contributed by atoms with van der Waals surface area (Å²) in [5.41, 5.74) is 2.62. The highest BCUT2D eigenvalue weighted by Gasteiger charge is 2.30. The Kier molecular flexibility index (Phi) is 9.08. The van der Waals surface area contributed by atoms with Crippen molar-refractivity contribution in [1.29, 1.82) is 10.8 Å². The molecule has 0 fully saturated rings. The number of rotatable bonds is 6. The number of ether oxygens (including phenoxy) is 2. The van der Waals surface area contributed by atoms with Crippen LogP contribution in [0.2, 0.25) is 0 Å². The normalized spacial score (nSPS) is 16.5. The number of benzene rings is 1. The van der Waals surface area contributed by atoms with Crippen molar-refractivity contribution in [3.8, 4) is 5.75 Å². The van der Waals surface area contributed by atoms with E-state index in [0.717, 1.165) is 11.1 Å². The molecule has 2 heterocycles. The monoisotopic (exact) mass is 586 g/mol. The maximum absolute atomic E-state index is 13.2. The molecule has 1 aromatic carbocycles. The van der Waals surface area contributed by atoms with Crippen molar-refractivity contribution in [2.24, 2.45) is 5.41 Å². The van der Waals surface area contributed by atoms with Crippen LogP contribution in [0.1, 0.15) is 101 Å². The number of nitrogens with one attached hydrogen (secondary N) is 4. The van der Waals surface area contributed by atoms with Crippen LogP contribution in [0.4, 0.5) is 10.5 Å². The molecular weight excluding hydrogens is 544 g/mol. The van der Waals surface area contributed by atoms with Gasteiger partial charge in [-0.15, -0.1) is 0 Å². The summed E-state index contributed by atoms with van der Waals surface area (Å²) in [6, 6.07) is 13.9. The van der Waals surface area contributed by atoms with Crippen molar-refractivity contribution in [2.45, 2.75) is 78.9 Å². The lowest BCUT2D eigenvalue weighted by atomic mass is 9.85. The number of fused-ring (bicyclic) bond motifs is 1. The molecule has 1 aliphatic rings. The number of carbonyl (C=O) groups excluding carboxylic acids is 2. The molecule has 0 aliphatic heterocycles. The topological polar surface area (TPSA) is 142 Å². The van der Waals surface area contributed by atoms with Gasteiger partial charge in [0.15, 0.2) is 5.69 Å². The van der Waals surface area contributed by atoms with Crippen LogP contribution in [-0.2, 0) is 10.2 Å². The Balaban J connectivity index is 1.52. The fourth-order valence-corrected chi connectivity index (χ4v) is 4.91. The van der Waals surface area contributed by atoms with Gasteiger partial charge in [0, 0.05) is 22.2 Å². The molecule has 3 aromatic rings. The van der Waals surface area contributed by atoms with Crippen LogP contribution in [-0.4, -0.2) is 34.0 Å². The lowest BCUT2D eigenvalue weighted by Crippen LogP contribution is -2.36. The lowest BCUT2D eigenvalue weighted by Gasteiger charge is -2.32. The highest BCUT2D eigenvalue weighted by molar-refractivity contribution is 5.93. The summed E-state index contributed by atoms with van der Waals surface area (Å²) in [6.45, 7) is 13.7. The molecule has 2 amide bonds. The molecule has 43 heavy (non-hydrogen) atoms. The fraction of sp³-hybridized carbons (Fsp3) is 0.424. The van der Waals surface area contributed by atoms with Crippen molar-refractivity contribution < 1.29 is 19.1 Å². The number of amides is 2. The van der Waals surface area contributed by atoms with Gasteiger partial charge in [0.25, 0.3) is 0 Å². The Morgan fingerprint density at radius 3 is 2.37 bits per heavy atom. The van der Waals surface area contributed by atoms with Crippen LogP contribution in [0.5, 0.6) is 5.75 Å². The average molecular weight is 587 g/mol. The van der Waals surface area contributed by atoms with Crippen molar-refractivity contribution >= 4 is 23.5 Å². The molecule has 1 aliphatic carbocycles. The zero-order chi connectivity index (χ0) is 31.5. The van der Waals surface area contributed by atoms with Crippen molar-refractivity contribution in [1.82, 2.24) is 14.9 Å². The summed E-state index contributed by atoms with van der Waals surface area (Å²) in [5.74, 6) is 0.335. The first-order valence-electron chi connectivity index (χ1n) is 14.6. The Hall–Kier alpha value is -4.47. The van der Waals surface area contributed by atoms with E-state index in [-0.39, 0.29) is 35.3 Å². The zero-order valence-corrected chi connectivity index (χ0v) is 26.0. The molecule has 0 bridgehead atoms. The van der Waals surface area contributed by atoms with Gasteiger partial charge in [0.2, 0.25) is 0 Å². The fourth-order valence-electron chi connectivity index (χ4n) is 4.91. The number of hydrogen-bond acceptors (Lipinski definition) is 7. The molecule has 0 spiro atoms. The molecule has 2 unspecified atom stereocenters. The molecular formula is C33H42N6O4. The van der Waals surface area contributed by atoms with Gasteiger partial charge in [-0.05, 0) is 55.2 Å². The maximum Gasteiger partial charge on any atom is 0.356 e. The minimum atomic E-state index is -0.539. The average Bonchev–Trinajstić information content (AvgIpc) is 2.94. The molecule has 4 rings (SSSR count). The third kappa shape index (κ3) is 7.49. The Labute approximate surface area is 252 Å². The Morgan fingerprint density at radius 2 is 1.72 bits per heavy atom. The van der Waals surface area contributed by atoms with E-state index >= 15 is 0 Å². The second-order valence-electron chi connectivity index (χ2n) is 12.8. The minimum Gasteiger partial charge on any atom is -0.484 e. The number of carbonyl (C=O) groups is 2. The van der Waals surface area contributed by atoms with Crippen LogP contribution in [0.25, 0.3) is 0 Å². The van der Waals surface area contributed by atoms with Gasteiger partial charge < -0.3 is 20.1 Å². The first kappa shape index (κ1) is 31.5. The summed E-state index contributed by atoms with van der Waals surface area (Å²) in [7, 11) is 0. The van der Waals surface area contributed by atoms with E-state index in [4.69, 9.17) is 20.3 Å². The first-order valence-corrected chi connectivity index (χ1v) is 14.6. The molecule has 2 aromatic heterocycles. The molecule has 0 saturated heterocycles. The van der Waals surface area contributed by atoms with Crippen LogP contribution in [0.3, 0.4) is 0 Å². The number of urea groups is 1. The molecule has 4 N–H and O–H groups in total. The minimum absolute atomic E-state index is 0.144. The number of aromatic nitrogens is 2. The standard InChI is InChI=1S/C33H42N6O4/c1-8-42-29(40)25-17-20(18-27(37-25)32(2,3)4)36-31(41)38-24-14-15-26(23-12-10-9-11-22(23)24)43-21-13-16-28(34)39(19-21)30(35)33(5,6)7/h9-13,16-19,24,26,34-35H,8,14-15H2,1-7H3,(H2,36,37,38,41). The summed E-state index contributed by atoms with van der Waals surface area (Å²) >= 11 is 0. The Morgan fingerprint density at radius 1 is 1.02 bits per heavy atom. The molecule has 2 atom stereocenters. The van der Waals surface area contributed by atoms with Gasteiger partial charge in [0.1, 0.15) is 23.2 Å². The van der Waals surface area contributed by atoms with E-state index in [2.05, 4.69) is 15.6 Å². The maximum atomic E-state index is 13.2. The molecule has 10 heteroatoms. The van der Waals surface area contributed by atoms with E-state index in [9.17, 15) is 9.59 Å². The van der Waals surface area contributed by atoms with Crippen LogP contribution in [0.15, 0.2) is 54.7 Å². The van der Waals surface area contributed by atoms with Gasteiger partial charge in [-0.2, -0.15) is 0 Å². The largest absolute Gasteiger partial charge is 0.484 e. The summed E-state index contributed by atoms with van der Waals surface area (Å²) in [6.07, 6.45) is 2.73. The molecule has 0 radical (unpaired) electrons. The number of pyridine rings is 2. The van der Waals surface area contributed by atoms with E-state index in [1.165, 1.54) is 10.6 Å². The van der Waals surface area contributed by atoms with Crippen molar-refractivity contribution in [3.05, 3.63) is 82.7 Å². The van der Waals surface area contributed by atoms with E-state index in [0.29, 0.717) is 35.8 Å². The number of hydrogen-bond donors (Lipinski definition) is 4. The highest BCUT2D eigenvalue weighted by atomic mass is 16.5.